The van der Waals surface area contributed by atoms with E-state index in [0.717, 1.165) is 6.08 Å². The quantitative estimate of drug-likeness (QED) is 0.395. The molecule has 0 heterocycles. The van der Waals surface area contributed by atoms with Crippen LogP contribution >= 0.6 is 0 Å². The van der Waals surface area contributed by atoms with Crippen molar-refractivity contribution in [1.29, 1.82) is 0 Å². The summed E-state index contributed by atoms with van der Waals surface area (Å²) in [6, 6.07) is 0. The zero-order valence-corrected chi connectivity index (χ0v) is 5.18. The summed E-state index contributed by atoms with van der Waals surface area (Å²) in [6.07, 6.45) is 0.730. The van der Waals surface area contributed by atoms with E-state index in [4.69, 9.17) is 4.55 Å². The Labute approximate surface area is 52.3 Å². The van der Waals surface area contributed by atoms with E-state index in [1.54, 1.807) is 0 Å². The lowest BCUT2D eigenvalue weighted by Crippen LogP contribution is -2.27. The molecule has 0 spiro atoms. The molecular weight excluding hydrogens is 146 g/mol. The Morgan fingerprint density at radius 2 is 2.11 bits per heavy atom. The maximum Gasteiger partial charge on any atom is 0.359 e. The van der Waals surface area contributed by atoms with E-state index in [-0.39, 0.29) is 0 Å². The lowest BCUT2D eigenvalue weighted by atomic mass is 10.6. The molecule has 2 N–H and O–H groups in total. The summed E-state index contributed by atoms with van der Waals surface area (Å²) < 4.78 is 28.7. The van der Waals surface area contributed by atoms with Crippen molar-refractivity contribution in [2.75, 3.05) is 0 Å². The van der Waals surface area contributed by atoms with Crippen molar-refractivity contribution in [3.8, 4) is 0 Å². The predicted octanol–water partition coefficient (Wildman–Crippen LogP) is -0.909. The Morgan fingerprint density at radius 1 is 1.67 bits per heavy atom. The summed E-state index contributed by atoms with van der Waals surface area (Å²) in [5.74, 6) is -0.961. The van der Waals surface area contributed by atoms with Crippen molar-refractivity contribution < 1.29 is 17.8 Å². The minimum absolute atomic E-state index is 0.730. The Hall–Kier alpha value is -0.880. The summed E-state index contributed by atoms with van der Waals surface area (Å²) >= 11 is 0. The molecule has 0 bridgehead atoms. The van der Waals surface area contributed by atoms with Crippen LogP contribution in [0.5, 0.6) is 0 Å². The Bertz CT molecular complexity index is 216. The molecule has 0 atom stereocenters. The Balaban J connectivity index is 4.06. The van der Waals surface area contributed by atoms with E-state index < -0.39 is 16.2 Å². The predicted molar refractivity (Wildman–Crippen MR) is 29.9 cm³/mol. The van der Waals surface area contributed by atoms with Gasteiger partial charge in [0, 0.05) is 0 Å². The van der Waals surface area contributed by atoms with Gasteiger partial charge in [-0.1, -0.05) is 6.58 Å². The number of carbonyl (C=O) groups excluding carboxylic acids is 1. The van der Waals surface area contributed by atoms with Gasteiger partial charge in [-0.05, 0) is 6.08 Å². The van der Waals surface area contributed by atoms with Crippen molar-refractivity contribution in [3.63, 3.8) is 0 Å². The largest absolute Gasteiger partial charge is 0.359 e. The summed E-state index contributed by atoms with van der Waals surface area (Å²) in [5.41, 5.74) is 0. The number of hydrogen-bond acceptors (Lipinski definition) is 3. The van der Waals surface area contributed by atoms with Crippen LogP contribution in [0.4, 0.5) is 0 Å². The molecule has 0 saturated heterocycles. The molecule has 0 aromatic heterocycles. The molecule has 0 aromatic rings. The van der Waals surface area contributed by atoms with Crippen LogP contribution in [0.25, 0.3) is 0 Å². The van der Waals surface area contributed by atoms with Gasteiger partial charge in [0.2, 0.25) is 0 Å². The molecule has 6 heteroatoms. The molecule has 0 radical (unpaired) electrons. The van der Waals surface area contributed by atoms with Crippen molar-refractivity contribution in [2.45, 2.75) is 0 Å². The first-order valence-electron chi connectivity index (χ1n) is 1.87. The van der Waals surface area contributed by atoms with E-state index >= 15 is 0 Å². The second kappa shape index (κ2) is 2.60. The van der Waals surface area contributed by atoms with Gasteiger partial charge < -0.3 is 0 Å². The van der Waals surface area contributed by atoms with E-state index in [1.165, 1.54) is 4.72 Å². The van der Waals surface area contributed by atoms with Crippen molar-refractivity contribution in [3.05, 3.63) is 12.7 Å². The van der Waals surface area contributed by atoms with Gasteiger partial charge in [-0.15, -0.1) is 0 Å². The van der Waals surface area contributed by atoms with Gasteiger partial charge in [0.1, 0.15) is 0 Å². The highest BCUT2D eigenvalue weighted by Crippen LogP contribution is 1.72. The highest BCUT2D eigenvalue weighted by atomic mass is 32.2. The van der Waals surface area contributed by atoms with Gasteiger partial charge in [0.15, 0.2) is 0 Å². The normalized spacial score (nSPS) is 10.3. The molecule has 0 rings (SSSR count). The maximum atomic E-state index is 10.1. The first kappa shape index (κ1) is 8.12. The highest BCUT2D eigenvalue weighted by molar-refractivity contribution is 7.84. The number of hydrogen-bond donors (Lipinski definition) is 2. The van der Waals surface area contributed by atoms with Crippen LogP contribution in [0.2, 0.25) is 0 Å². The van der Waals surface area contributed by atoms with E-state index in [1.807, 2.05) is 0 Å². The molecule has 0 unspecified atom stereocenters. The SMILES string of the molecule is C=CC(=O)NS(=O)(=O)O. The van der Waals surface area contributed by atoms with Crippen LogP contribution in [0.3, 0.4) is 0 Å². The third-order valence-corrected chi connectivity index (χ3v) is 0.874. The van der Waals surface area contributed by atoms with Crippen molar-refractivity contribution >= 4 is 16.2 Å². The second-order valence-electron chi connectivity index (χ2n) is 1.15. The molecule has 0 fully saturated rings. The number of rotatable bonds is 2. The zero-order valence-electron chi connectivity index (χ0n) is 4.36. The second-order valence-corrected chi connectivity index (χ2v) is 2.30. The number of amides is 1. The van der Waals surface area contributed by atoms with Crippen molar-refractivity contribution in [2.24, 2.45) is 0 Å². The first-order valence-corrected chi connectivity index (χ1v) is 3.31. The summed E-state index contributed by atoms with van der Waals surface area (Å²) in [7, 11) is -4.41. The smallest absolute Gasteiger partial charge is 0.269 e. The molecule has 0 aliphatic rings. The maximum absolute atomic E-state index is 10.1. The van der Waals surface area contributed by atoms with E-state index in [9.17, 15) is 13.2 Å². The standard InChI is InChI=1S/C3H5NO4S/c1-2-3(5)4-9(6,7)8/h2H,1H2,(H,4,5)(H,6,7,8). The van der Waals surface area contributed by atoms with Gasteiger partial charge in [0.05, 0.1) is 0 Å². The lowest BCUT2D eigenvalue weighted by molar-refractivity contribution is -0.114. The van der Waals surface area contributed by atoms with Crippen LogP contribution in [0, 0.1) is 0 Å². The monoisotopic (exact) mass is 151 g/mol. The van der Waals surface area contributed by atoms with Gasteiger partial charge in [-0.3, -0.25) is 9.35 Å². The Kier molecular flexibility index (Phi) is 2.35. The first-order chi connectivity index (χ1) is 3.95. The van der Waals surface area contributed by atoms with Crippen LogP contribution in [-0.2, 0) is 15.1 Å². The molecule has 0 saturated carbocycles. The van der Waals surface area contributed by atoms with E-state index in [2.05, 4.69) is 6.58 Å². The van der Waals surface area contributed by atoms with Crippen LogP contribution in [0.15, 0.2) is 12.7 Å². The minimum atomic E-state index is -4.41. The fourth-order valence-electron chi connectivity index (χ4n) is 0.169. The lowest BCUT2D eigenvalue weighted by Gasteiger charge is -1.92. The third kappa shape index (κ3) is 4.98. The summed E-state index contributed by atoms with van der Waals surface area (Å²) in [6.45, 7) is 2.96. The zero-order chi connectivity index (χ0) is 7.49. The number of carbonyl (C=O) groups is 1. The van der Waals surface area contributed by atoms with Gasteiger partial charge >= 0.3 is 10.3 Å². The molecule has 5 nitrogen and oxygen atoms in total. The molecule has 0 aliphatic carbocycles. The van der Waals surface area contributed by atoms with E-state index in [0.29, 0.717) is 0 Å². The van der Waals surface area contributed by atoms with Gasteiger partial charge in [-0.25, -0.2) is 4.72 Å². The molecule has 9 heavy (non-hydrogen) atoms. The minimum Gasteiger partial charge on any atom is -0.269 e. The van der Waals surface area contributed by atoms with Gasteiger partial charge in [0.25, 0.3) is 5.91 Å². The molecule has 0 aromatic carbocycles. The highest BCUT2D eigenvalue weighted by Gasteiger charge is 2.04. The average Bonchev–Trinajstić information content (AvgIpc) is 1.62. The summed E-state index contributed by atoms with van der Waals surface area (Å²) in [4.78, 5) is 10.1. The van der Waals surface area contributed by atoms with Crippen LogP contribution < -0.4 is 4.72 Å². The molecule has 1 amide bonds. The Morgan fingerprint density at radius 3 is 2.22 bits per heavy atom. The summed E-state index contributed by atoms with van der Waals surface area (Å²) in [5, 5.41) is 0. The number of nitrogens with one attached hydrogen (secondary N) is 1. The van der Waals surface area contributed by atoms with Gasteiger partial charge in [-0.2, -0.15) is 8.42 Å². The van der Waals surface area contributed by atoms with Crippen molar-refractivity contribution in [1.82, 2.24) is 4.72 Å². The average molecular weight is 151 g/mol. The molecular formula is C3H5NO4S. The molecule has 52 valence electrons. The third-order valence-electron chi connectivity index (χ3n) is 0.415. The molecule has 0 aliphatic heterocycles. The fourth-order valence-corrected chi connectivity index (χ4v) is 0.506. The van der Waals surface area contributed by atoms with Crippen LogP contribution in [0.1, 0.15) is 0 Å². The fraction of sp³-hybridized carbons (Fsp3) is 0. The van der Waals surface area contributed by atoms with Crippen LogP contribution in [-0.4, -0.2) is 18.9 Å². The topological polar surface area (TPSA) is 83.5 Å².